The molecule has 0 aromatic rings. The Bertz CT molecular complexity index is 623. The van der Waals surface area contributed by atoms with Crippen LogP contribution in [0.15, 0.2) is 24.3 Å². The molecule has 150 valence electrons. The second-order valence-electron chi connectivity index (χ2n) is 6.65. The number of carbonyl (C=O) groups is 2. The number of hydrogen-bond acceptors (Lipinski definition) is 7. The molecule has 0 aliphatic rings. The van der Waals surface area contributed by atoms with E-state index in [1.165, 1.54) is 6.92 Å². The third-order valence-corrected chi connectivity index (χ3v) is 4.68. The van der Waals surface area contributed by atoms with Crippen LogP contribution in [-0.4, -0.2) is 77.6 Å². The summed E-state index contributed by atoms with van der Waals surface area (Å²) in [6.45, 7) is 11.0. The zero-order chi connectivity index (χ0) is 20.4. The molecule has 0 aliphatic carbocycles. The fourth-order valence-corrected chi connectivity index (χ4v) is 2.69. The zero-order valence-corrected chi connectivity index (χ0v) is 16.9. The van der Waals surface area contributed by atoms with Crippen LogP contribution >= 0.6 is 0 Å². The van der Waals surface area contributed by atoms with E-state index in [0.29, 0.717) is 29.6 Å². The summed E-state index contributed by atoms with van der Waals surface area (Å²) in [5, 5.41) is 0. The minimum atomic E-state index is -3.69. The maximum absolute atomic E-state index is 11.8. The lowest BCUT2D eigenvalue weighted by Gasteiger charge is -2.29. The van der Waals surface area contributed by atoms with Gasteiger partial charge in [0.25, 0.3) is 10.1 Å². The molecule has 0 N–H and O–H groups in total. The van der Waals surface area contributed by atoms with Gasteiger partial charge in [0.2, 0.25) is 0 Å². The molecule has 0 fully saturated rings. The molecule has 0 aromatic heterocycles. The third kappa shape index (κ3) is 11.8. The number of rotatable bonds is 13. The molecule has 0 unspecified atom stereocenters. The number of quaternary nitrogens is 1. The Kier molecular flexibility index (Phi) is 10.4. The number of nitrogens with zero attached hydrogens (tertiary/aromatic N) is 1. The molecule has 0 radical (unpaired) electrons. The van der Waals surface area contributed by atoms with E-state index in [9.17, 15) is 18.0 Å². The van der Waals surface area contributed by atoms with E-state index in [1.807, 2.05) is 14.1 Å². The highest BCUT2D eigenvalue weighted by Gasteiger charge is 2.19. The van der Waals surface area contributed by atoms with Gasteiger partial charge in [-0.25, -0.2) is 9.59 Å². The van der Waals surface area contributed by atoms with E-state index in [4.69, 9.17) is 13.7 Å². The standard InChI is InChI=1S/C17H30NO7S/c1-14(2)16(19)23-10-9-18(5,6)8-7-13-26(21,22)25-12-11-24-17(20)15(3)4/h1,3,7-13H2,2,4-6H3/q+1. The molecular formula is C17H30NO7S+. The van der Waals surface area contributed by atoms with Gasteiger partial charge in [-0.2, -0.15) is 8.42 Å². The number of likely N-dealkylation sites (N-methyl/N-ethyl adjacent to an activating group) is 1. The topological polar surface area (TPSA) is 96.0 Å². The first kappa shape index (κ1) is 24.3. The molecular weight excluding hydrogens is 362 g/mol. The maximum Gasteiger partial charge on any atom is 0.333 e. The van der Waals surface area contributed by atoms with E-state index < -0.39 is 22.1 Å². The molecule has 26 heavy (non-hydrogen) atoms. The molecule has 8 nitrogen and oxygen atoms in total. The van der Waals surface area contributed by atoms with Crippen LogP contribution in [0.5, 0.6) is 0 Å². The fourth-order valence-electron chi connectivity index (χ4n) is 1.77. The van der Waals surface area contributed by atoms with Gasteiger partial charge in [-0.1, -0.05) is 13.2 Å². The average molecular weight is 392 g/mol. The Morgan fingerprint density at radius 2 is 1.38 bits per heavy atom. The molecule has 0 heterocycles. The Balaban J connectivity index is 4.07. The van der Waals surface area contributed by atoms with Crippen LogP contribution in [0.25, 0.3) is 0 Å². The number of ether oxygens (including phenoxy) is 2. The van der Waals surface area contributed by atoms with Gasteiger partial charge in [-0.15, -0.1) is 0 Å². The number of hydrogen-bond donors (Lipinski definition) is 0. The molecule has 0 saturated heterocycles. The van der Waals surface area contributed by atoms with Gasteiger partial charge in [0.05, 0.1) is 26.4 Å². The molecule has 0 bridgehead atoms. The van der Waals surface area contributed by atoms with Crippen molar-refractivity contribution in [1.29, 1.82) is 0 Å². The smallest absolute Gasteiger partial charge is 0.333 e. The van der Waals surface area contributed by atoms with Crippen molar-refractivity contribution in [2.24, 2.45) is 0 Å². The van der Waals surface area contributed by atoms with Gasteiger partial charge < -0.3 is 14.0 Å². The van der Waals surface area contributed by atoms with Crippen LogP contribution in [-0.2, 0) is 33.4 Å². The van der Waals surface area contributed by atoms with E-state index >= 15 is 0 Å². The summed E-state index contributed by atoms with van der Waals surface area (Å²) in [6.07, 6.45) is 0.384. The second kappa shape index (κ2) is 11.1. The van der Waals surface area contributed by atoms with E-state index in [1.54, 1.807) is 6.92 Å². The quantitative estimate of drug-likeness (QED) is 0.152. The van der Waals surface area contributed by atoms with Gasteiger partial charge in [-0.05, 0) is 13.8 Å². The van der Waals surface area contributed by atoms with Gasteiger partial charge in [0, 0.05) is 17.6 Å². The van der Waals surface area contributed by atoms with E-state index in [0.717, 1.165) is 0 Å². The summed E-state index contributed by atoms with van der Waals surface area (Å²) < 4.78 is 38.7. The van der Waals surface area contributed by atoms with Crippen molar-refractivity contribution in [2.75, 3.05) is 52.8 Å². The van der Waals surface area contributed by atoms with Crippen molar-refractivity contribution in [3.63, 3.8) is 0 Å². The van der Waals surface area contributed by atoms with Gasteiger partial charge in [-0.3, -0.25) is 4.18 Å². The Morgan fingerprint density at radius 3 is 1.88 bits per heavy atom. The molecule has 0 spiro atoms. The summed E-state index contributed by atoms with van der Waals surface area (Å²) in [7, 11) is 0.144. The molecule has 0 rings (SSSR count). The summed E-state index contributed by atoms with van der Waals surface area (Å²) in [5.41, 5.74) is 0.578. The van der Waals surface area contributed by atoms with Crippen LogP contribution in [0.3, 0.4) is 0 Å². The summed E-state index contributed by atoms with van der Waals surface area (Å²) in [4.78, 5) is 22.5. The minimum absolute atomic E-state index is 0.144. The first-order valence-electron chi connectivity index (χ1n) is 8.21. The Morgan fingerprint density at radius 1 is 0.885 bits per heavy atom. The summed E-state index contributed by atoms with van der Waals surface area (Å²) in [6, 6.07) is 0. The van der Waals surface area contributed by atoms with Crippen LogP contribution < -0.4 is 0 Å². The van der Waals surface area contributed by atoms with Gasteiger partial charge in [0.1, 0.15) is 26.4 Å². The van der Waals surface area contributed by atoms with Crippen LogP contribution in [0, 0.1) is 0 Å². The van der Waals surface area contributed by atoms with Crippen molar-refractivity contribution < 1.29 is 36.1 Å². The van der Waals surface area contributed by atoms with E-state index in [-0.39, 0.29) is 31.1 Å². The summed E-state index contributed by atoms with van der Waals surface area (Å²) in [5.74, 6) is -1.17. The monoisotopic (exact) mass is 392 g/mol. The average Bonchev–Trinajstić information content (AvgIpc) is 2.50. The van der Waals surface area contributed by atoms with E-state index in [2.05, 4.69) is 13.2 Å². The zero-order valence-electron chi connectivity index (χ0n) is 16.1. The molecule has 0 aromatic carbocycles. The first-order chi connectivity index (χ1) is 11.9. The molecule has 0 atom stereocenters. The van der Waals surface area contributed by atoms with Crippen LogP contribution in [0.1, 0.15) is 20.3 Å². The lowest BCUT2D eigenvalue weighted by Crippen LogP contribution is -2.43. The molecule has 0 amide bonds. The molecule has 0 aliphatic heterocycles. The Labute approximate surface area is 156 Å². The third-order valence-electron chi connectivity index (χ3n) is 3.36. The van der Waals surface area contributed by atoms with Gasteiger partial charge in [0.15, 0.2) is 0 Å². The molecule has 0 saturated carbocycles. The normalized spacial score (nSPS) is 11.7. The molecule has 9 heteroatoms. The van der Waals surface area contributed by atoms with Crippen molar-refractivity contribution in [3.05, 3.63) is 24.3 Å². The highest BCUT2D eigenvalue weighted by Crippen LogP contribution is 2.04. The predicted molar refractivity (Wildman–Crippen MR) is 97.7 cm³/mol. The van der Waals surface area contributed by atoms with Crippen molar-refractivity contribution in [3.8, 4) is 0 Å². The summed E-state index contributed by atoms with van der Waals surface area (Å²) >= 11 is 0. The van der Waals surface area contributed by atoms with Crippen LogP contribution in [0.2, 0.25) is 0 Å². The second-order valence-corrected chi connectivity index (χ2v) is 8.41. The minimum Gasteiger partial charge on any atom is -0.460 e. The highest BCUT2D eigenvalue weighted by molar-refractivity contribution is 7.86. The maximum atomic E-state index is 11.8. The van der Waals surface area contributed by atoms with Crippen molar-refractivity contribution in [2.45, 2.75) is 20.3 Å². The van der Waals surface area contributed by atoms with Crippen molar-refractivity contribution in [1.82, 2.24) is 0 Å². The predicted octanol–water partition coefficient (Wildman–Crippen LogP) is 1.04. The van der Waals surface area contributed by atoms with Gasteiger partial charge >= 0.3 is 11.9 Å². The SMILES string of the molecule is C=C(C)C(=O)OCCOS(=O)(=O)CCC[N+](C)(C)CCOC(=O)C(=C)C. The fraction of sp³-hybridized carbons (Fsp3) is 0.647. The number of esters is 2. The highest BCUT2D eigenvalue weighted by atomic mass is 32.2. The first-order valence-corrected chi connectivity index (χ1v) is 9.78. The lowest BCUT2D eigenvalue weighted by molar-refractivity contribution is -0.890. The lowest BCUT2D eigenvalue weighted by atomic mass is 10.3. The largest absolute Gasteiger partial charge is 0.460 e. The van der Waals surface area contributed by atoms with Crippen LogP contribution in [0.4, 0.5) is 0 Å². The Hall–Kier alpha value is -1.71. The van der Waals surface area contributed by atoms with Crippen molar-refractivity contribution >= 4 is 22.1 Å². The number of carbonyl (C=O) groups excluding carboxylic acids is 2.